The van der Waals surface area contributed by atoms with Crippen LogP contribution < -0.4 is 23.7 Å². The number of methoxy groups -OCH3 is 5. The van der Waals surface area contributed by atoms with Gasteiger partial charge in [0.25, 0.3) is 0 Å². The minimum absolute atomic E-state index is 0.000622. The second-order valence-corrected chi connectivity index (χ2v) is 16.0. The van der Waals surface area contributed by atoms with Crippen LogP contribution in [0.3, 0.4) is 0 Å². The number of nitrogens with zero attached hydrogens (tertiary/aromatic N) is 2. The third-order valence-electron chi connectivity index (χ3n) is 11.9. The molecular weight excluding hydrogens is 780 g/mol. The lowest BCUT2D eigenvalue weighted by molar-refractivity contribution is -0.941. The maximum absolute atomic E-state index is 12.8. The van der Waals surface area contributed by atoms with Gasteiger partial charge in [-0.1, -0.05) is 23.7 Å². The van der Waals surface area contributed by atoms with E-state index in [-0.39, 0.29) is 37.5 Å². The van der Waals surface area contributed by atoms with E-state index in [4.69, 9.17) is 44.8 Å². The van der Waals surface area contributed by atoms with Crippen LogP contribution in [0.15, 0.2) is 53.6 Å². The molecule has 0 aliphatic carbocycles. The maximum Gasteiger partial charge on any atom is 0.350 e. The first-order valence-electron chi connectivity index (χ1n) is 20.2. The van der Waals surface area contributed by atoms with Crippen molar-refractivity contribution in [1.82, 2.24) is 0 Å². The first-order valence-corrected chi connectivity index (χ1v) is 20.6. The molecule has 0 saturated carbocycles. The van der Waals surface area contributed by atoms with Crippen LogP contribution in [0.4, 0.5) is 0 Å². The largest absolute Gasteiger partial charge is 0.493 e. The fraction of sp³-hybridized carbons (Fsp3) is 0.511. The number of carbonyl (C=O) groups is 2. The van der Waals surface area contributed by atoms with Crippen molar-refractivity contribution in [2.24, 2.45) is 0 Å². The number of likely N-dealkylation sites (N-methyl/N-ethyl adjacent to an activating group) is 1. The number of carbonyl (C=O) groups excluding carboxylic acids is 2. The molecule has 5 rings (SSSR count). The smallest absolute Gasteiger partial charge is 0.350 e. The molecule has 0 radical (unpaired) electrons. The summed E-state index contributed by atoms with van der Waals surface area (Å²) in [6.45, 7) is 5.11. The van der Waals surface area contributed by atoms with Gasteiger partial charge in [0.2, 0.25) is 5.75 Å². The number of rotatable bonds is 21. The van der Waals surface area contributed by atoms with E-state index in [2.05, 4.69) is 7.05 Å². The van der Waals surface area contributed by atoms with Crippen molar-refractivity contribution in [3.8, 4) is 28.7 Å². The Morgan fingerprint density at radius 2 is 1.36 bits per heavy atom. The van der Waals surface area contributed by atoms with Crippen molar-refractivity contribution in [3.63, 3.8) is 0 Å². The van der Waals surface area contributed by atoms with Crippen molar-refractivity contribution >= 4 is 23.5 Å². The van der Waals surface area contributed by atoms with Gasteiger partial charge in [0.15, 0.2) is 23.0 Å². The predicted octanol–water partition coefficient (Wildman–Crippen LogP) is 5.80. The number of fused-ring (bicyclic) bond motifs is 1. The lowest BCUT2D eigenvalue weighted by atomic mass is 9.84. The fourth-order valence-corrected chi connectivity index (χ4v) is 8.94. The van der Waals surface area contributed by atoms with Gasteiger partial charge in [0, 0.05) is 55.7 Å². The van der Waals surface area contributed by atoms with E-state index in [1.165, 1.54) is 0 Å². The van der Waals surface area contributed by atoms with Crippen molar-refractivity contribution in [3.05, 3.63) is 87.0 Å². The molecule has 3 aromatic rings. The summed E-state index contributed by atoms with van der Waals surface area (Å²) in [5.74, 6) is 1.60. The molecular formula is C45H61ClN2O11+2. The van der Waals surface area contributed by atoms with Crippen molar-refractivity contribution in [2.75, 3.05) is 88.5 Å². The van der Waals surface area contributed by atoms with Crippen LogP contribution in [0, 0.1) is 0 Å². The molecule has 1 fully saturated rings. The van der Waals surface area contributed by atoms with E-state index < -0.39 is 11.9 Å². The Morgan fingerprint density at radius 3 is 1.98 bits per heavy atom. The van der Waals surface area contributed by atoms with Gasteiger partial charge in [-0.3, -0.25) is 0 Å². The number of esters is 2. The molecule has 2 aliphatic rings. The Hall–Kier alpha value is -4.53. The van der Waals surface area contributed by atoms with Gasteiger partial charge in [-0.05, 0) is 52.6 Å². The van der Waals surface area contributed by atoms with E-state index >= 15 is 0 Å². The van der Waals surface area contributed by atoms with Crippen LogP contribution in [0.2, 0.25) is 0 Å². The van der Waals surface area contributed by atoms with Crippen LogP contribution in [0.25, 0.3) is 0 Å². The standard InChI is InChI=1S/C45H61ClN2O11/c1-47(18-13-33-25-34(29-49)35(30-50)26-36(33)38(47)21-31-11-12-39(53-2)40(22-31)54-3)14-9-20-59-45(52)37(46)27-43(51)58-19-10-17-48(15-7-8-16-48)28-32-23-41(55-4)44(57-6)42(24-32)56-5/h11-12,22-27,38,49-50H,7-10,13-21,28-30H2,1-6H3/q+2/b37-27-/t38-,47-/m1/s1. The highest BCUT2D eigenvalue weighted by atomic mass is 35.5. The van der Waals surface area contributed by atoms with Crippen LogP contribution in [-0.4, -0.2) is 120 Å². The van der Waals surface area contributed by atoms with Gasteiger partial charge in [0.1, 0.15) is 17.6 Å². The van der Waals surface area contributed by atoms with Gasteiger partial charge in [-0.15, -0.1) is 0 Å². The summed E-state index contributed by atoms with van der Waals surface area (Å²) in [5.41, 5.74) is 5.84. The van der Waals surface area contributed by atoms with Crippen molar-refractivity contribution in [2.45, 2.75) is 64.3 Å². The van der Waals surface area contributed by atoms with Gasteiger partial charge in [-0.2, -0.15) is 0 Å². The van der Waals surface area contributed by atoms with E-state index in [0.717, 1.165) is 90.4 Å². The van der Waals surface area contributed by atoms with Gasteiger partial charge in [0.05, 0.1) is 102 Å². The van der Waals surface area contributed by atoms with Crippen molar-refractivity contribution < 1.29 is 61.9 Å². The van der Waals surface area contributed by atoms with Crippen LogP contribution in [-0.2, 0) is 51.7 Å². The lowest BCUT2D eigenvalue weighted by Crippen LogP contribution is -2.52. The molecule has 2 N–H and O–H groups in total. The molecule has 59 heavy (non-hydrogen) atoms. The highest BCUT2D eigenvalue weighted by molar-refractivity contribution is 6.42. The van der Waals surface area contributed by atoms with Gasteiger partial charge >= 0.3 is 11.9 Å². The van der Waals surface area contributed by atoms with E-state index in [9.17, 15) is 19.8 Å². The number of ether oxygens (including phenoxy) is 7. The Bertz CT molecular complexity index is 1920. The van der Waals surface area contributed by atoms with E-state index in [1.807, 2.05) is 42.5 Å². The number of likely N-dealkylation sites (tertiary alicyclic amines) is 1. The average Bonchev–Trinajstić information content (AvgIpc) is 3.71. The molecule has 2 aliphatic heterocycles. The number of hydrogen-bond donors (Lipinski definition) is 2. The minimum atomic E-state index is -0.784. The third-order valence-corrected chi connectivity index (χ3v) is 12.2. The maximum atomic E-state index is 12.8. The highest BCUT2D eigenvalue weighted by Crippen LogP contribution is 2.41. The number of quaternary nitrogens is 2. The quantitative estimate of drug-likeness (QED) is 0.0583. The van der Waals surface area contributed by atoms with E-state index in [0.29, 0.717) is 64.6 Å². The number of aliphatic hydroxyl groups is 2. The van der Waals surface area contributed by atoms with E-state index in [1.54, 1.807) is 35.5 Å². The molecule has 0 aromatic heterocycles. The third kappa shape index (κ3) is 11.2. The number of halogens is 1. The van der Waals surface area contributed by atoms with Crippen molar-refractivity contribution in [1.29, 1.82) is 0 Å². The molecule has 0 spiro atoms. The Labute approximate surface area is 353 Å². The molecule has 13 nitrogen and oxygen atoms in total. The zero-order chi connectivity index (χ0) is 42.6. The lowest BCUT2D eigenvalue weighted by Gasteiger charge is -2.46. The Balaban J connectivity index is 1.15. The summed E-state index contributed by atoms with van der Waals surface area (Å²) < 4.78 is 40.2. The first kappa shape index (κ1) is 45.6. The highest BCUT2D eigenvalue weighted by Gasteiger charge is 2.40. The average molecular weight is 841 g/mol. The summed E-state index contributed by atoms with van der Waals surface area (Å²) in [7, 11) is 10.2. The molecule has 2 heterocycles. The second kappa shape index (κ2) is 21.1. The zero-order valence-corrected chi connectivity index (χ0v) is 36.1. The molecule has 3 aromatic carbocycles. The summed E-state index contributed by atoms with van der Waals surface area (Å²) >= 11 is 6.24. The molecule has 2 atom stereocenters. The molecule has 0 bridgehead atoms. The number of hydrogen-bond acceptors (Lipinski definition) is 11. The van der Waals surface area contributed by atoms with Gasteiger partial charge < -0.3 is 52.3 Å². The predicted molar refractivity (Wildman–Crippen MR) is 223 cm³/mol. The fourth-order valence-electron chi connectivity index (χ4n) is 8.79. The summed E-state index contributed by atoms with van der Waals surface area (Å²) in [6.07, 6.45) is 5.88. The molecule has 322 valence electrons. The minimum Gasteiger partial charge on any atom is -0.493 e. The molecule has 14 heteroatoms. The van der Waals surface area contributed by atoms with Crippen LogP contribution in [0.5, 0.6) is 28.7 Å². The van der Waals surface area contributed by atoms with Crippen LogP contribution >= 0.6 is 11.6 Å². The Kier molecular flexibility index (Phi) is 16.3. The molecule has 1 saturated heterocycles. The Morgan fingerprint density at radius 1 is 0.746 bits per heavy atom. The number of benzene rings is 3. The summed E-state index contributed by atoms with van der Waals surface area (Å²) in [5, 5.41) is 19.8. The zero-order valence-electron chi connectivity index (χ0n) is 35.4. The topological polar surface area (TPSA) is 139 Å². The number of aliphatic hydroxyl groups excluding tert-OH is 2. The first-order chi connectivity index (χ1) is 28.4. The monoisotopic (exact) mass is 840 g/mol. The normalized spacial score (nSPS) is 18.5. The second-order valence-electron chi connectivity index (χ2n) is 15.6. The molecule has 0 unspecified atom stereocenters. The van der Waals surface area contributed by atoms with Gasteiger partial charge in [-0.25, -0.2) is 9.59 Å². The SMILES string of the molecule is COc1ccc(C[C@@H]2c3cc(CO)c(CO)cc3CC[N@@+]2(C)CCCOC(=O)/C(Cl)=C/C(=O)OCCC[N+]2(Cc3cc(OC)c(OC)c(OC)c3)CCCC2)cc1OC. The summed E-state index contributed by atoms with van der Waals surface area (Å²) in [6, 6.07) is 13.9. The summed E-state index contributed by atoms with van der Waals surface area (Å²) in [4.78, 5) is 25.5. The molecule has 0 amide bonds. The van der Waals surface area contributed by atoms with Crippen LogP contribution in [0.1, 0.15) is 65.1 Å².